The van der Waals surface area contributed by atoms with Crippen molar-refractivity contribution in [3.8, 4) is 0 Å². The second kappa shape index (κ2) is 6.93. The molecule has 0 saturated heterocycles. The van der Waals surface area contributed by atoms with E-state index < -0.39 is 0 Å². The molecule has 0 bridgehead atoms. The first kappa shape index (κ1) is 13.8. The Hall–Kier alpha value is 1.25. The van der Waals surface area contributed by atoms with Gasteiger partial charge >= 0.3 is 23.1 Å². The normalized spacial score (nSPS) is 30.6. The molecule has 0 spiro atoms. The minimum Gasteiger partial charge on any atom is -1.00 e. The maximum Gasteiger partial charge on any atom is 2.00 e. The Kier molecular flexibility index (Phi) is 9.57. The third kappa shape index (κ3) is 4.19. The summed E-state index contributed by atoms with van der Waals surface area (Å²) in [5, 5.41) is 0. The van der Waals surface area contributed by atoms with E-state index in [0.29, 0.717) is 0 Å². The summed E-state index contributed by atoms with van der Waals surface area (Å²) in [4.78, 5) is 0. The molecular formula is C8H15BrMg. The van der Waals surface area contributed by atoms with Gasteiger partial charge in [0.05, 0.1) is 0 Å². The smallest absolute Gasteiger partial charge is 1.00 e. The molecule has 0 aromatic carbocycles. The molecule has 10 heavy (non-hydrogen) atoms. The first-order valence-corrected chi connectivity index (χ1v) is 3.68. The van der Waals surface area contributed by atoms with Gasteiger partial charge in [0.15, 0.2) is 0 Å². The van der Waals surface area contributed by atoms with Crippen molar-refractivity contribution in [1.29, 1.82) is 0 Å². The predicted molar refractivity (Wildman–Crippen MR) is 42.2 cm³/mol. The molecule has 2 unspecified atom stereocenters. The molecule has 1 saturated carbocycles. The molecule has 0 aromatic heterocycles. The maximum atomic E-state index is 2.50. The van der Waals surface area contributed by atoms with E-state index in [2.05, 4.69) is 20.3 Å². The van der Waals surface area contributed by atoms with Gasteiger partial charge in [-0.05, 0) is 0 Å². The van der Waals surface area contributed by atoms with Gasteiger partial charge in [-0.2, -0.15) is 11.8 Å². The second-order valence-electron chi connectivity index (χ2n) is 2.92. The van der Waals surface area contributed by atoms with Crippen LogP contribution in [0, 0.1) is 18.3 Å². The number of halogens is 1. The number of hydrogen-bond acceptors (Lipinski definition) is 0. The van der Waals surface area contributed by atoms with Crippen LogP contribution >= 0.6 is 0 Å². The Bertz CT molecular complexity index is 75.7. The van der Waals surface area contributed by atoms with E-state index in [1.807, 2.05) is 0 Å². The Morgan fingerprint density at radius 2 is 2.00 bits per heavy atom. The molecule has 0 amide bonds. The Morgan fingerprint density at radius 3 is 2.20 bits per heavy atom. The van der Waals surface area contributed by atoms with Crippen LogP contribution < -0.4 is 17.0 Å². The summed E-state index contributed by atoms with van der Waals surface area (Å²) < 4.78 is 0. The minimum absolute atomic E-state index is 0. The summed E-state index contributed by atoms with van der Waals surface area (Å²) >= 11 is 0. The van der Waals surface area contributed by atoms with E-state index in [9.17, 15) is 0 Å². The van der Waals surface area contributed by atoms with Crippen molar-refractivity contribution >= 4 is 23.1 Å². The third-order valence-electron chi connectivity index (χ3n) is 2.12. The number of hydrogen-bond donors (Lipinski definition) is 0. The molecule has 2 heteroatoms. The van der Waals surface area contributed by atoms with E-state index in [4.69, 9.17) is 0 Å². The van der Waals surface area contributed by atoms with Crippen molar-refractivity contribution in [1.82, 2.24) is 0 Å². The van der Waals surface area contributed by atoms with Gasteiger partial charge in [-0.25, -0.2) is 0 Å². The minimum atomic E-state index is 0. The van der Waals surface area contributed by atoms with Crippen LogP contribution in [0.3, 0.4) is 0 Å². The predicted octanol–water partition coefficient (Wildman–Crippen LogP) is -0.730. The molecule has 1 aliphatic rings. The van der Waals surface area contributed by atoms with Crippen molar-refractivity contribution in [2.75, 3.05) is 0 Å². The molecule has 0 N–H and O–H groups in total. The molecule has 0 nitrogen and oxygen atoms in total. The first-order chi connectivity index (χ1) is 3.83. The summed E-state index contributed by atoms with van der Waals surface area (Å²) in [5.41, 5.74) is 0. The van der Waals surface area contributed by atoms with E-state index in [-0.39, 0.29) is 40.0 Å². The van der Waals surface area contributed by atoms with Gasteiger partial charge in [-0.3, -0.25) is 0 Å². The third-order valence-corrected chi connectivity index (χ3v) is 2.12. The zero-order valence-electron chi connectivity index (χ0n) is 6.94. The van der Waals surface area contributed by atoms with Crippen molar-refractivity contribution in [3.63, 3.8) is 0 Å². The zero-order valence-corrected chi connectivity index (χ0v) is 9.94. The van der Waals surface area contributed by atoms with E-state index in [1.54, 1.807) is 0 Å². The molecular weight excluding hydrogens is 200 g/mol. The first-order valence-electron chi connectivity index (χ1n) is 3.68. The molecule has 56 valence electrons. The van der Waals surface area contributed by atoms with Crippen LogP contribution in [0.5, 0.6) is 0 Å². The van der Waals surface area contributed by atoms with Crippen LogP contribution in [0.4, 0.5) is 0 Å². The molecule has 2 atom stereocenters. The fourth-order valence-electron chi connectivity index (χ4n) is 1.47. The summed E-state index contributed by atoms with van der Waals surface area (Å²) in [6.07, 6.45) is 6.72. The summed E-state index contributed by atoms with van der Waals surface area (Å²) in [7, 11) is 0. The molecule has 0 aromatic rings. The SMILES string of the molecule is CCC1[CH-]C(C)CC1.[Br-].[Mg+2]. The van der Waals surface area contributed by atoms with Crippen molar-refractivity contribution < 1.29 is 17.0 Å². The van der Waals surface area contributed by atoms with Crippen molar-refractivity contribution in [3.05, 3.63) is 6.42 Å². The van der Waals surface area contributed by atoms with Gasteiger partial charge in [0.2, 0.25) is 0 Å². The summed E-state index contributed by atoms with van der Waals surface area (Å²) in [6.45, 7) is 4.59. The fraction of sp³-hybridized carbons (Fsp3) is 0.875. The van der Waals surface area contributed by atoms with Crippen LogP contribution in [0.2, 0.25) is 0 Å². The van der Waals surface area contributed by atoms with Gasteiger partial charge in [-0.15, -0.1) is 0 Å². The number of rotatable bonds is 1. The fourth-order valence-corrected chi connectivity index (χ4v) is 1.47. The van der Waals surface area contributed by atoms with Crippen LogP contribution in [-0.2, 0) is 0 Å². The van der Waals surface area contributed by atoms with E-state index in [0.717, 1.165) is 11.8 Å². The largest absolute Gasteiger partial charge is 2.00 e. The van der Waals surface area contributed by atoms with Crippen LogP contribution in [0.25, 0.3) is 0 Å². The molecule has 0 aliphatic heterocycles. The Balaban J connectivity index is 0. The second-order valence-corrected chi connectivity index (χ2v) is 2.92. The van der Waals surface area contributed by atoms with Gasteiger partial charge < -0.3 is 23.4 Å². The summed E-state index contributed by atoms with van der Waals surface area (Å²) in [5.74, 6) is 1.85. The molecule has 0 radical (unpaired) electrons. The van der Waals surface area contributed by atoms with Gasteiger partial charge in [0.1, 0.15) is 0 Å². The monoisotopic (exact) mass is 214 g/mol. The molecule has 1 rings (SSSR count). The van der Waals surface area contributed by atoms with Crippen molar-refractivity contribution in [2.45, 2.75) is 33.1 Å². The molecule has 1 fully saturated rings. The Morgan fingerprint density at radius 1 is 1.40 bits per heavy atom. The topological polar surface area (TPSA) is 0 Å². The van der Waals surface area contributed by atoms with E-state index in [1.165, 1.54) is 19.3 Å². The van der Waals surface area contributed by atoms with Gasteiger partial charge in [0, 0.05) is 0 Å². The quantitative estimate of drug-likeness (QED) is 0.400. The molecule has 0 heterocycles. The van der Waals surface area contributed by atoms with E-state index >= 15 is 0 Å². The standard InChI is InChI=1S/C8H15.BrH.Mg/c1-3-8-5-4-7(2)6-8;;/h6-8H,3-5H2,1-2H3;1H;/q-1;;+2/p-1. The van der Waals surface area contributed by atoms with Crippen LogP contribution in [0.15, 0.2) is 0 Å². The van der Waals surface area contributed by atoms with Crippen LogP contribution in [0.1, 0.15) is 33.1 Å². The van der Waals surface area contributed by atoms with Gasteiger partial charge in [0.25, 0.3) is 0 Å². The average molecular weight is 215 g/mol. The van der Waals surface area contributed by atoms with Gasteiger partial charge in [-0.1, -0.05) is 33.1 Å². The average Bonchev–Trinajstić information content (AvgIpc) is 2.14. The maximum absolute atomic E-state index is 2.50. The molecule has 1 aliphatic carbocycles. The zero-order chi connectivity index (χ0) is 5.98. The van der Waals surface area contributed by atoms with Crippen LogP contribution in [-0.4, -0.2) is 23.1 Å². The van der Waals surface area contributed by atoms with Crippen molar-refractivity contribution in [2.24, 2.45) is 11.8 Å². The summed E-state index contributed by atoms with van der Waals surface area (Å²) in [6, 6.07) is 0. The Labute approximate surface area is 91.1 Å².